The Morgan fingerprint density at radius 2 is 1.38 bits per heavy atom. The molecule has 0 aromatic heterocycles. The summed E-state index contributed by atoms with van der Waals surface area (Å²) in [4.78, 5) is 26.8. The summed E-state index contributed by atoms with van der Waals surface area (Å²) in [6, 6.07) is 17.6. The molecule has 0 saturated carbocycles. The highest BCUT2D eigenvalue weighted by atomic mass is 28.3. The standard InChI is InChI=1S/C20H23NO2Si/c1-14(13-16-9-5-4-6-10-16)24(3)15(2)21-19(22)17-11-7-8-12-18(17)20(21)23/h4-12,14-15,24H,13H2,1-3H3. The number of hydrogen-bond acceptors (Lipinski definition) is 2. The lowest BCUT2D eigenvalue weighted by Crippen LogP contribution is -2.47. The van der Waals surface area contributed by atoms with E-state index in [4.69, 9.17) is 0 Å². The van der Waals surface area contributed by atoms with E-state index >= 15 is 0 Å². The maximum atomic E-state index is 12.7. The van der Waals surface area contributed by atoms with Crippen molar-refractivity contribution in [2.75, 3.05) is 0 Å². The summed E-state index contributed by atoms with van der Waals surface area (Å²) in [5.74, 6) is -0.260. The average Bonchev–Trinajstić information content (AvgIpc) is 2.86. The van der Waals surface area contributed by atoms with Crippen LogP contribution in [0.15, 0.2) is 54.6 Å². The molecule has 3 atom stereocenters. The fourth-order valence-corrected chi connectivity index (χ4v) is 5.80. The molecule has 124 valence electrons. The molecule has 0 saturated heterocycles. The smallest absolute Gasteiger partial charge is 0.261 e. The van der Waals surface area contributed by atoms with Gasteiger partial charge in [-0.05, 0) is 36.6 Å². The van der Waals surface area contributed by atoms with E-state index < -0.39 is 8.80 Å². The first-order valence-corrected chi connectivity index (χ1v) is 11.0. The Balaban J connectivity index is 1.75. The van der Waals surface area contributed by atoms with E-state index in [1.165, 1.54) is 10.5 Å². The van der Waals surface area contributed by atoms with Gasteiger partial charge in [0.05, 0.1) is 19.9 Å². The Morgan fingerprint density at radius 1 is 0.875 bits per heavy atom. The van der Waals surface area contributed by atoms with Crippen molar-refractivity contribution < 1.29 is 9.59 Å². The van der Waals surface area contributed by atoms with Gasteiger partial charge in [0.15, 0.2) is 0 Å². The summed E-state index contributed by atoms with van der Waals surface area (Å²) in [6.07, 6.45) is 1.00. The van der Waals surface area contributed by atoms with E-state index in [1.54, 1.807) is 12.1 Å². The van der Waals surface area contributed by atoms with Crippen LogP contribution in [0.2, 0.25) is 12.1 Å². The number of amides is 2. The average molecular weight is 337 g/mol. The molecule has 1 aliphatic rings. The maximum Gasteiger partial charge on any atom is 0.261 e. The summed E-state index contributed by atoms with van der Waals surface area (Å²) in [5, 5.41) is 0. The highest BCUT2D eigenvalue weighted by Crippen LogP contribution is 2.28. The van der Waals surface area contributed by atoms with Crippen LogP contribution in [0.1, 0.15) is 40.1 Å². The molecule has 3 unspecified atom stereocenters. The number of carbonyl (C=O) groups is 2. The van der Waals surface area contributed by atoms with E-state index in [0.29, 0.717) is 16.7 Å². The molecule has 4 heteroatoms. The fraction of sp³-hybridized carbons (Fsp3) is 0.300. The minimum absolute atomic E-state index is 0.0103. The van der Waals surface area contributed by atoms with Crippen molar-refractivity contribution in [2.24, 2.45) is 0 Å². The summed E-state index contributed by atoms with van der Waals surface area (Å²) in [6.45, 7) is 6.56. The lowest BCUT2D eigenvalue weighted by Gasteiger charge is -2.31. The maximum absolute atomic E-state index is 12.7. The van der Waals surface area contributed by atoms with Crippen LogP contribution >= 0.6 is 0 Å². The molecule has 0 aliphatic carbocycles. The van der Waals surface area contributed by atoms with Crippen molar-refractivity contribution in [1.29, 1.82) is 0 Å². The fourth-order valence-electron chi connectivity index (χ4n) is 3.46. The van der Waals surface area contributed by atoms with E-state index in [9.17, 15) is 9.59 Å². The zero-order valence-electron chi connectivity index (χ0n) is 14.4. The molecule has 2 amide bonds. The first kappa shape index (κ1) is 16.6. The predicted octanol–water partition coefficient (Wildman–Crippen LogP) is 3.70. The first-order valence-electron chi connectivity index (χ1n) is 8.51. The van der Waals surface area contributed by atoms with Gasteiger partial charge in [-0.2, -0.15) is 0 Å². The van der Waals surface area contributed by atoms with E-state index in [2.05, 4.69) is 37.7 Å². The molecule has 1 heterocycles. The van der Waals surface area contributed by atoms with Gasteiger partial charge >= 0.3 is 0 Å². The first-order chi connectivity index (χ1) is 11.5. The van der Waals surface area contributed by atoms with Gasteiger partial charge in [-0.15, -0.1) is 0 Å². The van der Waals surface area contributed by atoms with Gasteiger partial charge in [0.2, 0.25) is 0 Å². The van der Waals surface area contributed by atoms with Crippen LogP contribution < -0.4 is 0 Å². The van der Waals surface area contributed by atoms with Gasteiger partial charge in [0.25, 0.3) is 11.8 Å². The zero-order valence-corrected chi connectivity index (χ0v) is 15.6. The van der Waals surface area contributed by atoms with Crippen LogP contribution in [-0.2, 0) is 6.42 Å². The van der Waals surface area contributed by atoms with Crippen molar-refractivity contribution in [3.05, 3.63) is 71.3 Å². The molecule has 2 aromatic carbocycles. The van der Waals surface area contributed by atoms with Crippen molar-refractivity contribution in [1.82, 2.24) is 4.90 Å². The molecular formula is C20H23NO2Si. The summed E-state index contributed by atoms with van der Waals surface area (Å²) < 4.78 is 0. The van der Waals surface area contributed by atoms with Crippen LogP contribution in [0.25, 0.3) is 0 Å². The molecule has 0 N–H and O–H groups in total. The highest BCUT2D eigenvalue weighted by molar-refractivity contribution is 6.61. The Hall–Kier alpha value is -2.20. The normalized spacial score (nSPS) is 17.5. The Labute approximate surface area is 144 Å². The van der Waals surface area contributed by atoms with Crippen LogP contribution in [0.4, 0.5) is 0 Å². The third-order valence-corrected chi connectivity index (χ3v) is 9.14. The van der Waals surface area contributed by atoms with Gasteiger partial charge in [-0.1, -0.05) is 55.9 Å². The van der Waals surface area contributed by atoms with E-state index in [0.717, 1.165) is 6.42 Å². The number of benzene rings is 2. The molecule has 2 aromatic rings. The second-order valence-corrected chi connectivity index (χ2v) is 10.6. The Bertz CT molecular complexity index is 724. The second kappa shape index (κ2) is 6.73. The van der Waals surface area contributed by atoms with Crippen molar-refractivity contribution in [3.8, 4) is 0 Å². The Kier molecular flexibility index (Phi) is 4.67. The van der Waals surface area contributed by atoms with Gasteiger partial charge in [0.1, 0.15) is 0 Å². The van der Waals surface area contributed by atoms with Crippen LogP contribution in [0.3, 0.4) is 0 Å². The zero-order chi connectivity index (χ0) is 17.3. The molecule has 24 heavy (non-hydrogen) atoms. The largest absolute Gasteiger partial charge is 0.275 e. The number of nitrogens with zero attached hydrogens (tertiary/aromatic N) is 1. The quantitative estimate of drug-likeness (QED) is 0.616. The molecule has 1 aliphatic heterocycles. The van der Waals surface area contributed by atoms with Gasteiger partial charge in [-0.3, -0.25) is 14.5 Å². The lowest BCUT2D eigenvalue weighted by molar-refractivity contribution is 0.0637. The van der Waals surface area contributed by atoms with Crippen LogP contribution in [0, 0.1) is 0 Å². The number of rotatable bonds is 5. The summed E-state index contributed by atoms with van der Waals surface area (Å²) in [7, 11) is -1.34. The molecule has 3 rings (SSSR count). The third kappa shape index (κ3) is 2.94. The molecular weight excluding hydrogens is 314 g/mol. The third-order valence-electron chi connectivity index (χ3n) is 5.29. The number of hydrogen-bond donors (Lipinski definition) is 0. The van der Waals surface area contributed by atoms with Gasteiger partial charge in [-0.25, -0.2) is 0 Å². The molecule has 3 nitrogen and oxygen atoms in total. The van der Waals surface area contributed by atoms with Crippen molar-refractivity contribution in [2.45, 2.75) is 38.0 Å². The number of imide groups is 1. The van der Waals surface area contributed by atoms with Gasteiger partial charge in [0, 0.05) is 5.67 Å². The summed E-state index contributed by atoms with van der Waals surface area (Å²) in [5.41, 5.74) is 2.93. The number of fused-ring (bicyclic) bond motifs is 1. The Morgan fingerprint density at radius 3 is 1.92 bits per heavy atom. The molecule has 0 radical (unpaired) electrons. The topological polar surface area (TPSA) is 37.4 Å². The predicted molar refractivity (Wildman–Crippen MR) is 99.0 cm³/mol. The van der Waals surface area contributed by atoms with Crippen LogP contribution in [0.5, 0.6) is 0 Å². The van der Waals surface area contributed by atoms with Crippen LogP contribution in [-0.4, -0.2) is 31.2 Å². The molecule has 0 spiro atoms. The molecule has 0 bridgehead atoms. The molecule has 0 fully saturated rings. The summed E-state index contributed by atoms with van der Waals surface area (Å²) >= 11 is 0. The van der Waals surface area contributed by atoms with Crippen molar-refractivity contribution >= 4 is 20.6 Å². The number of carbonyl (C=O) groups excluding carboxylic acids is 2. The monoisotopic (exact) mass is 337 g/mol. The highest BCUT2D eigenvalue weighted by Gasteiger charge is 2.40. The second-order valence-electron chi connectivity index (χ2n) is 6.79. The lowest BCUT2D eigenvalue weighted by atomic mass is 10.1. The minimum atomic E-state index is -1.34. The van der Waals surface area contributed by atoms with Crippen molar-refractivity contribution in [3.63, 3.8) is 0 Å². The van der Waals surface area contributed by atoms with E-state index in [1.807, 2.05) is 25.1 Å². The van der Waals surface area contributed by atoms with E-state index in [-0.39, 0.29) is 17.5 Å². The van der Waals surface area contributed by atoms with Gasteiger partial charge < -0.3 is 0 Å². The SMILES string of the molecule is CC(Cc1ccccc1)[SiH](C)C(C)N1C(=O)c2ccccc2C1=O. The minimum Gasteiger partial charge on any atom is -0.275 e.